The SMILES string of the molecule is Oc1cccc(C2=COc3cc(O)cc(O)c3C2)c1. The lowest BCUT2D eigenvalue weighted by atomic mass is 9.96. The van der Waals surface area contributed by atoms with Crippen LogP contribution in [-0.2, 0) is 6.42 Å². The third-order valence-corrected chi connectivity index (χ3v) is 3.08. The lowest BCUT2D eigenvalue weighted by Gasteiger charge is -2.19. The maximum atomic E-state index is 9.84. The van der Waals surface area contributed by atoms with E-state index in [4.69, 9.17) is 4.74 Å². The number of benzene rings is 2. The molecule has 4 nitrogen and oxygen atoms in total. The van der Waals surface area contributed by atoms with Crippen molar-refractivity contribution in [2.45, 2.75) is 6.42 Å². The minimum Gasteiger partial charge on any atom is -0.508 e. The van der Waals surface area contributed by atoms with Gasteiger partial charge in [0.15, 0.2) is 0 Å². The van der Waals surface area contributed by atoms with Gasteiger partial charge in [0.05, 0.1) is 6.26 Å². The average molecular weight is 256 g/mol. The van der Waals surface area contributed by atoms with Gasteiger partial charge in [-0.25, -0.2) is 0 Å². The Hall–Kier alpha value is -2.62. The molecule has 2 aromatic rings. The summed E-state index contributed by atoms with van der Waals surface area (Å²) < 4.78 is 5.43. The molecular formula is C15H12O4. The molecule has 0 radical (unpaired) electrons. The Balaban J connectivity index is 2.00. The molecule has 0 saturated heterocycles. The standard InChI is InChI=1S/C15H12O4/c16-11-3-1-2-9(4-11)10-5-13-14(18)6-12(17)7-15(13)19-8-10/h1-4,6-8,16-18H,5H2. The predicted molar refractivity (Wildman–Crippen MR) is 70.2 cm³/mol. The van der Waals surface area contributed by atoms with Crippen molar-refractivity contribution in [1.82, 2.24) is 0 Å². The van der Waals surface area contributed by atoms with Crippen LogP contribution in [0, 0.1) is 0 Å². The van der Waals surface area contributed by atoms with Crippen LogP contribution >= 0.6 is 0 Å². The van der Waals surface area contributed by atoms with Gasteiger partial charge in [-0.1, -0.05) is 12.1 Å². The molecule has 0 atom stereocenters. The van der Waals surface area contributed by atoms with Crippen molar-refractivity contribution in [2.75, 3.05) is 0 Å². The maximum Gasteiger partial charge on any atom is 0.137 e. The summed E-state index contributed by atoms with van der Waals surface area (Å²) in [5.41, 5.74) is 2.31. The van der Waals surface area contributed by atoms with E-state index in [9.17, 15) is 15.3 Å². The number of phenolic OH excluding ortho intramolecular Hbond substituents is 3. The molecule has 0 bridgehead atoms. The van der Waals surface area contributed by atoms with Crippen molar-refractivity contribution in [3.63, 3.8) is 0 Å². The van der Waals surface area contributed by atoms with Gasteiger partial charge in [-0.3, -0.25) is 0 Å². The van der Waals surface area contributed by atoms with Gasteiger partial charge < -0.3 is 20.1 Å². The minimum atomic E-state index is -0.0366. The Labute approximate surface area is 109 Å². The quantitative estimate of drug-likeness (QED) is 0.733. The molecule has 3 rings (SSSR count). The van der Waals surface area contributed by atoms with E-state index in [0.717, 1.165) is 11.1 Å². The topological polar surface area (TPSA) is 69.9 Å². The average Bonchev–Trinajstić information content (AvgIpc) is 2.38. The van der Waals surface area contributed by atoms with E-state index in [1.165, 1.54) is 12.1 Å². The molecule has 0 unspecified atom stereocenters. The molecule has 0 spiro atoms. The summed E-state index contributed by atoms with van der Waals surface area (Å²) in [6, 6.07) is 9.59. The second kappa shape index (κ2) is 4.24. The van der Waals surface area contributed by atoms with Crippen molar-refractivity contribution in [2.24, 2.45) is 0 Å². The Morgan fingerprint density at radius 3 is 2.58 bits per heavy atom. The van der Waals surface area contributed by atoms with E-state index in [0.29, 0.717) is 17.7 Å². The van der Waals surface area contributed by atoms with Crippen molar-refractivity contribution >= 4 is 5.57 Å². The van der Waals surface area contributed by atoms with E-state index in [1.54, 1.807) is 24.5 Å². The van der Waals surface area contributed by atoms with Crippen LogP contribution in [0.15, 0.2) is 42.7 Å². The third-order valence-electron chi connectivity index (χ3n) is 3.08. The molecule has 0 fully saturated rings. The molecule has 2 aromatic carbocycles. The van der Waals surface area contributed by atoms with Crippen molar-refractivity contribution < 1.29 is 20.1 Å². The van der Waals surface area contributed by atoms with Crippen molar-refractivity contribution in [3.05, 3.63) is 53.8 Å². The van der Waals surface area contributed by atoms with Gasteiger partial charge >= 0.3 is 0 Å². The zero-order chi connectivity index (χ0) is 13.4. The first-order chi connectivity index (χ1) is 9.13. The normalized spacial score (nSPS) is 13.4. The van der Waals surface area contributed by atoms with Crippen LogP contribution in [0.4, 0.5) is 0 Å². The number of hydrogen-bond donors (Lipinski definition) is 3. The van der Waals surface area contributed by atoms with Crippen LogP contribution in [0.3, 0.4) is 0 Å². The van der Waals surface area contributed by atoms with Crippen LogP contribution in [0.2, 0.25) is 0 Å². The van der Waals surface area contributed by atoms with Crippen LogP contribution in [0.25, 0.3) is 5.57 Å². The summed E-state index contributed by atoms with van der Waals surface area (Å²) in [4.78, 5) is 0. The van der Waals surface area contributed by atoms with Gasteiger partial charge in [0.2, 0.25) is 0 Å². The lowest BCUT2D eigenvalue weighted by molar-refractivity contribution is 0.419. The number of aromatic hydroxyl groups is 3. The molecule has 1 heterocycles. The Kier molecular flexibility index (Phi) is 2.56. The molecule has 4 heteroatoms. The van der Waals surface area contributed by atoms with Gasteiger partial charge in [0.1, 0.15) is 23.0 Å². The maximum absolute atomic E-state index is 9.84. The van der Waals surface area contributed by atoms with E-state index in [-0.39, 0.29) is 17.2 Å². The number of ether oxygens (including phenoxy) is 1. The molecule has 0 amide bonds. The fraction of sp³-hybridized carbons (Fsp3) is 0.0667. The van der Waals surface area contributed by atoms with E-state index in [2.05, 4.69) is 0 Å². The highest BCUT2D eigenvalue weighted by Crippen LogP contribution is 2.39. The molecule has 0 aliphatic carbocycles. The third kappa shape index (κ3) is 2.08. The van der Waals surface area contributed by atoms with Crippen LogP contribution in [0.5, 0.6) is 23.0 Å². The first-order valence-electron chi connectivity index (χ1n) is 5.83. The predicted octanol–water partition coefficient (Wildman–Crippen LogP) is 2.78. The van der Waals surface area contributed by atoms with Gasteiger partial charge in [0.25, 0.3) is 0 Å². The smallest absolute Gasteiger partial charge is 0.137 e. The van der Waals surface area contributed by atoms with Crippen molar-refractivity contribution in [3.8, 4) is 23.0 Å². The fourth-order valence-corrected chi connectivity index (χ4v) is 2.14. The van der Waals surface area contributed by atoms with Crippen LogP contribution in [-0.4, -0.2) is 15.3 Å². The van der Waals surface area contributed by atoms with Crippen molar-refractivity contribution in [1.29, 1.82) is 0 Å². The van der Waals surface area contributed by atoms with Gasteiger partial charge in [-0.2, -0.15) is 0 Å². The number of allylic oxidation sites excluding steroid dienone is 1. The van der Waals surface area contributed by atoms with E-state index in [1.807, 2.05) is 6.07 Å². The number of hydrogen-bond acceptors (Lipinski definition) is 4. The highest BCUT2D eigenvalue weighted by atomic mass is 16.5. The monoisotopic (exact) mass is 256 g/mol. The summed E-state index contributed by atoms with van der Waals surface area (Å²) in [5, 5.41) is 28.7. The molecule has 1 aliphatic heterocycles. The molecule has 96 valence electrons. The van der Waals surface area contributed by atoms with Gasteiger partial charge in [-0.15, -0.1) is 0 Å². The van der Waals surface area contributed by atoms with Gasteiger partial charge in [-0.05, 0) is 23.3 Å². The summed E-state index contributed by atoms with van der Waals surface area (Å²) in [6.07, 6.45) is 2.04. The molecule has 0 saturated carbocycles. The largest absolute Gasteiger partial charge is 0.508 e. The van der Waals surface area contributed by atoms with Crippen LogP contribution < -0.4 is 4.74 Å². The summed E-state index contributed by atoms with van der Waals surface area (Å²) in [5.74, 6) is 0.590. The molecular weight excluding hydrogens is 244 g/mol. The Morgan fingerprint density at radius 2 is 1.79 bits per heavy atom. The Morgan fingerprint density at radius 1 is 0.947 bits per heavy atom. The fourth-order valence-electron chi connectivity index (χ4n) is 2.14. The number of phenols is 3. The number of fused-ring (bicyclic) bond motifs is 1. The summed E-state index contributed by atoms with van der Waals surface area (Å²) in [6.45, 7) is 0. The highest BCUT2D eigenvalue weighted by molar-refractivity contribution is 5.72. The second-order valence-electron chi connectivity index (χ2n) is 4.43. The highest BCUT2D eigenvalue weighted by Gasteiger charge is 2.18. The van der Waals surface area contributed by atoms with Gasteiger partial charge in [0, 0.05) is 24.1 Å². The lowest BCUT2D eigenvalue weighted by Crippen LogP contribution is -2.02. The second-order valence-corrected chi connectivity index (χ2v) is 4.43. The zero-order valence-electron chi connectivity index (χ0n) is 10.00. The zero-order valence-corrected chi connectivity index (χ0v) is 10.00. The first-order valence-corrected chi connectivity index (χ1v) is 5.83. The Bertz CT molecular complexity index is 674. The summed E-state index contributed by atoms with van der Waals surface area (Å²) >= 11 is 0. The van der Waals surface area contributed by atoms with E-state index >= 15 is 0 Å². The number of rotatable bonds is 1. The summed E-state index contributed by atoms with van der Waals surface area (Å²) in [7, 11) is 0. The van der Waals surface area contributed by atoms with Crippen LogP contribution in [0.1, 0.15) is 11.1 Å². The molecule has 19 heavy (non-hydrogen) atoms. The van der Waals surface area contributed by atoms with E-state index < -0.39 is 0 Å². The molecule has 3 N–H and O–H groups in total. The molecule has 0 aromatic heterocycles. The first kappa shape index (κ1) is 11.5. The minimum absolute atomic E-state index is 0.000697. The molecule has 1 aliphatic rings.